The van der Waals surface area contributed by atoms with E-state index in [2.05, 4.69) is 10.4 Å². The molecule has 1 amide bonds. The number of aryl methyl sites for hydroxylation is 1. The maximum Gasteiger partial charge on any atom is 0.260 e. The summed E-state index contributed by atoms with van der Waals surface area (Å²) in [5.74, 6) is 1.26. The summed E-state index contributed by atoms with van der Waals surface area (Å²) < 4.78 is 11.9. The highest BCUT2D eigenvalue weighted by Crippen LogP contribution is 2.24. The normalized spacial score (nSPS) is 10.1. The molecule has 0 atom stereocenters. The maximum atomic E-state index is 12.2. The Kier molecular flexibility index (Phi) is 3.70. The van der Waals surface area contributed by atoms with Crippen LogP contribution in [0.15, 0.2) is 30.5 Å². The molecule has 0 aliphatic carbocycles. The number of carbonyl (C=O) groups excluding carboxylic acids is 1. The van der Waals surface area contributed by atoms with Crippen molar-refractivity contribution in [3.05, 3.63) is 36.0 Å². The van der Waals surface area contributed by atoms with E-state index < -0.39 is 0 Å². The number of carbonyl (C=O) groups is 1. The molecule has 6 nitrogen and oxygen atoms in total. The van der Waals surface area contributed by atoms with Gasteiger partial charge in [-0.05, 0) is 18.2 Å². The molecule has 1 N–H and O–H groups in total. The van der Waals surface area contributed by atoms with Crippen molar-refractivity contribution < 1.29 is 14.3 Å². The molecule has 6 heteroatoms. The third-order valence-electron chi connectivity index (χ3n) is 2.61. The second kappa shape index (κ2) is 5.43. The molecule has 0 aliphatic heterocycles. The lowest BCUT2D eigenvalue weighted by molar-refractivity contribution is 0.102. The third-order valence-corrected chi connectivity index (χ3v) is 2.61. The van der Waals surface area contributed by atoms with E-state index in [4.69, 9.17) is 9.47 Å². The minimum absolute atomic E-state index is 0.297. The van der Waals surface area contributed by atoms with E-state index in [9.17, 15) is 4.79 Å². The molecule has 19 heavy (non-hydrogen) atoms. The van der Waals surface area contributed by atoms with Crippen molar-refractivity contribution in [1.29, 1.82) is 0 Å². The Bertz CT molecular complexity index is 593. The van der Waals surface area contributed by atoms with Gasteiger partial charge in [-0.25, -0.2) is 0 Å². The van der Waals surface area contributed by atoms with Gasteiger partial charge in [-0.3, -0.25) is 9.48 Å². The molecular weight excluding hydrogens is 246 g/mol. The average molecular weight is 261 g/mol. The van der Waals surface area contributed by atoms with Crippen molar-refractivity contribution in [2.45, 2.75) is 0 Å². The largest absolute Gasteiger partial charge is 0.497 e. The smallest absolute Gasteiger partial charge is 0.260 e. The number of nitrogens with zero attached hydrogens (tertiary/aromatic N) is 2. The monoisotopic (exact) mass is 261 g/mol. The number of ether oxygens (including phenoxy) is 2. The highest BCUT2D eigenvalue weighted by atomic mass is 16.5. The van der Waals surface area contributed by atoms with E-state index >= 15 is 0 Å². The molecule has 0 spiro atoms. The molecule has 0 fully saturated rings. The molecule has 0 saturated carbocycles. The van der Waals surface area contributed by atoms with E-state index in [0.717, 1.165) is 0 Å². The van der Waals surface area contributed by atoms with Gasteiger partial charge in [-0.15, -0.1) is 0 Å². The fourth-order valence-corrected chi connectivity index (χ4v) is 1.66. The first-order valence-electron chi connectivity index (χ1n) is 5.67. The first-order valence-corrected chi connectivity index (χ1v) is 5.67. The number of amides is 1. The van der Waals surface area contributed by atoms with Crippen LogP contribution in [0.4, 0.5) is 5.82 Å². The molecule has 0 unspecified atom stereocenters. The first kappa shape index (κ1) is 12.9. The van der Waals surface area contributed by atoms with Crippen molar-refractivity contribution in [2.75, 3.05) is 19.5 Å². The molecule has 0 bridgehead atoms. The second-order valence-electron chi connectivity index (χ2n) is 3.89. The number of rotatable bonds is 4. The maximum absolute atomic E-state index is 12.2. The van der Waals surface area contributed by atoms with Gasteiger partial charge in [0, 0.05) is 19.3 Å². The molecular formula is C13H15N3O3. The van der Waals surface area contributed by atoms with Crippen molar-refractivity contribution in [3.8, 4) is 11.5 Å². The van der Waals surface area contributed by atoms with Gasteiger partial charge in [0.2, 0.25) is 0 Å². The van der Waals surface area contributed by atoms with E-state index in [-0.39, 0.29) is 5.91 Å². The van der Waals surface area contributed by atoms with Crippen LogP contribution in [0.2, 0.25) is 0 Å². The molecule has 1 aromatic heterocycles. The number of anilines is 1. The van der Waals surface area contributed by atoms with Crippen LogP contribution in [0.5, 0.6) is 11.5 Å². The Balaban J connectivity index is 2.26. The van der Waals surface area contributed by atoms with Gasteiger partial charge in [0.15, 0.2) is 5.82 Å². The van der Waals surface area contributed by atoms with Gasteiger partial charge >= 0.3 is 0 Å². The van der Waals surface area contributed by atoms with Crippen LogP contribution < -0.4 is 14.8 Å². The summed E-state index contributed by atoms with van der Waals surface area (Å²) in [5, 5.41) is 6.79. The van der Waals surface area contributed by atoms with E-state index in [1.54, 1.807) is 49.3 Å². The number of methoxy groups -OCH3 is 2. The lowest BCUT2D eigenvalue weighted by Crippen LogP contribution is -2.14. The Morgan fingerprint density at radius 3 is 2.63 bits per heavy atom. The van der Waals surface area contributed by atoms with E-state index in [1.807, 2.05) is 0 Å². The quantitative estimate of drug-likeness (QED) is 0.909. The predicted molar refractivity (Wildman–Crippen MR) is 70.7 cm³/mol. The number of benzene rings is 1. The summed E-state index contributed by atoms with van der Waals surface area (Å²) in [6.07, 6.45) is 1.75. The van der Waals surface area contributed by atoms with Crippen LogP contribution in [0.3, 0.4) is 0 Å². The molecule has 2 rings (SSSR count). The topological polar surface area (TPSA) is 65.4 Å². The van der Waals surface area contributed by atoms with Crippen LogP contribution in [-0.2, 0) is 7.05 Å². The van der Waals surface area contributed by atoms with Crippen LogP contribution >= 0.6 is 0 Å². The molecule has 0 radical (unpaired) electrons. The van der Waals surface area contributed by atoms with Crippen molar-refractivity contribution >= 4 is 11.7 Å². The summed E-state index contributed by atoms with van der Waals surface area (Å²) in [5.41, 5.74) is 0.396. The minimum Gasteiger partial charge on any atom is -0.497 e. The molecule has 100 valence electrons. The molecule has 2 aromatic rings. The Labute approximate surface area is 110 Å². The summed E-state index contributed by atoms with van der Waals surface area (Å²) in [6, 6.07) is 6.75. The lowest BCUT2D eigenvalue weighted by Gasteiger charge is -2.09. The molecule has 0 aliphatic rings. The molecule has 0 saturated heterocycles. The van der Waals surface area contributed by atoms with Crippen LogP contribution in [-0.4, -0.2) is 29.9 Å². The standard InChI is InChI=1S/C13H15N3O3/c1-16-7-6-12(15-16)14-13(17)10-8-9(18-2)4-5-11(10)19-3/h4-8H,1-3H3,(H,14,15,17). The van der Waals surface area contributed by atoms with E-state index in [0.29, 0.717) is 22.9 Å². The minimum atomic E-state index is -0.297. The zero-order chi connectivity index (χ0) is 13.8. The zero-order valence-corrected chi connectivity index (χ0v) is 11.0. The van der Waals surface area contributed by atoms with Gasteiger partial charge in [-0.1, -0.05) is 0 Å². The number of hydrogen-bond acceptors (Lipinski definition) is 4. The van der Waals surface area contributed by atoms with Gasteiger partial charge in [0.1, 0.15) is 11.5 Å². The first-order chi connectivity index (χ1) is 9.13. The molecule has 1 aromatic carbocycles. The summed E-state index contributed by atoms with van der Waals surface area (Å²) in [6.45, 7) is 0. The highest BCUT2D eigenvalue weighted by molar-refractivity contribution is 6.06. The fourth-order valence-electron chi connectivity index (χ4n) is 1.66. The van der Waals surface area contributed by atoms with Crippen LogP contribution in [0, 0.1) is 0 Å². The lowest BCUT2D eigenvalue weighted by atomic mass is 10.1. The van der Waals surface area contributed by atoms with E-state index in [1.165, 1.54) is 7.11 Å². The Morgan fingerprint density at radius 2 is 2.05 bits per heavy atom. The van der Waals surface area contributed by atoms with Crippen LogP contribution in [0.25, 0.3) is 0 Å². The third kappa shape index (κ3) is 2.85. The number of aromatic nitrogens is 2. The van der Waals surface area contributed by atoms with Crippen molar-refractivity contribution in [3.63, 3.8) is 0 Å². The van der Waals surface area contributed by atoms with Crippen molar-refractivity contribution in [2.24, 2.45) is 7.05 Å². The van der Waals surface area contributed by atoms with Crippen LogP contribution in [0.1, 0.15) is 10.4 Å². The highest BCUT2D eigenvalue weighted by Gasteiger charge is 2.14. The Hall–Kier alpha value is -2.50. The zero-order valence-electron chi connectivity index (χ0n) is 11.0. The second-order valence-corrected chi connectivity index (χ2v) is 3.89. The van der Waals surface area contributed by atoms with Crippen molar-refractivity contribution in [1.82, 2.24) is 9.78 Å². The average Bonchev–Trinajstić information content (AvgIpc) is 2.83. The summed E-state index contributed by atoms with van der Waals surface area (Å²) >= 11 is 0. The number of nitrogens with one attached hydrogen (secondary N) is 1. The van der Waals surface area contributed by atoms with Gasteiger partial charge in [0.25, 0.3) is 5.91 Å². The Morgan fingerprint density at radius 1 is 1.26 bits per heavy atom. The van der Waals surface area contributed by atoms with Gasteiger partial charge in [-0.2, -0.15) is 5.10 Å². The summed E-state index contributed by atoms with van der Waals surface area (Å²) in [4.78, 5) is 12.2. The summed E-state index contributed by atoms with van der Waals surface area (Å²) in [7, 11) is 4.84. The van der Waals surface area contributed by atoms with Gasteiger partial charge < -0.3 is 14.8 Å². The van der Waals surface area contributed by atoms with Gasteiger partial charge in [0.05, 0.1) is 19.8 Å². The number of hydrogen-bond donors (Lipinski definition) is 1. The fraction of sp³-hybridized carbons (Fsp3) is 0.231. The SMILES string of the molecule is COc1ccc(OC)c(C(=O)Nc2ccn(C)n2)c1. The predicted octanol–water partition coefficient (Wildman–Crippen LogP) is 1.69. The molecule has 1 heterocycles.